The van der Waals surface area contributed by atoms with Crippen molar-refractivity contribution in [1.82, 2.24) is 24.2 Å². The molecule has 0 saturated heterocycles. The van der Waals surface area contributed by atoms with Gasteiger partial charge in [-0.05, 0) is 17.7 Å². The molecule has 0 aliphatic rings. The first-order valence-electron chi connectivity index (χ1n) is 9.13. The topological polar surface area (TPSA) is 78.0 Å². The van der Waals surface area contributed by atoms with E-state index in [4.69, 9.17) is 9.97 Å². The van der Waals surface area contributed by atoms with Crippen molar-refractivity contribution < 1.29 is 0 Å². The molecule has 2 aromatic carbocycles. The van der Waals surface area contributed by atoms with Crippen molar-refractivity contribution in [2.45, 2.75) is 6.54 Å². The molecule has 0 aliphatic carbocycles. The van der Waals surface area contributed by atoms with Gasteiger partial charge in [0.25, 0.3) is 5.56 Å². The molecule has 0 radical (unpaired) electrons. The van der Waals surface area contributed by atoms with Crippen LogP contribution in [0.2, 0.25) is 0 Å². The largest absolute Gasteiger partial charge is 0.295 e. The lowest BCUT2D eigenvalue weighted by Gasteiger charge is -2.01. The van der Waals surface area contributed by atoms with Gasteiger partial charge in [-0.15, -0.1) is 6.58 Å². The summed E-state index contributed by atoms with van der Waals surface area (Å²) >= 11 is 0. The summed E-state index contributed by atoms with van der Waals surface area (Å²) in [6, 6.07) is 17.3. The first kappa shape index (κ1) is 17.0. The molecule has 5 rings (SSSR count). The van der Waals surface area contributed by atoms with Gasteiger partial charge in [0.05, 0.1) is 17.2 Å². The molecule has 0 fully saturated rings. The maximum Gasteiger partial charge on any atom is 0.265 e. The van der Waals surface area contributed by atoms with E-state index in [1.807, 2.05) is 54.6 Å². The van der Waals surface area contributed by atoms with Crippen LogP contribution in [-0.2, 0) is 6.54 Å². The summed E-state index contributed by atoms with van der Waals surface area (Å²) in [6.07, 6.45) is 4.87. The molecular formula is C22H16N6O. The zero-order valence-electron chi connectivity index (χ0n) is 15.4. The van der Waals surface area contributed by atoms with Crippen LogP contribution in [0, 0.1) is 0 Å². The van der Waals surface area contributed by atoms with E-state index in [1.165, 1.54) is 10.9 Å². The van der Waals surface area contributed by atoms with Gasteiger partial charge in [0.15, 0.2) is 11.3 Å². The van der Waals surface area contributed by atoms with Crippen LogP contribution in [0.1, 0.15) is 5.56 Å². The van der Waals surface area contributed by atoms with Crippen molar-refractivity contribution in [3.05, 3.63) is 89.5 Å². The van der Waals surface area contributed by atoms with Crippen molar-refractivity contribution in [2.24, 2.45) is 5.10 Å². The Morgan fingerprint density at radius 1 is 0.966 bits per heavy atom. The van der Waals surface area contributed by atoms with Crippen LogP contribution >= 0.6 is 0 Å². The molecule has 0 amide bonds. The van der Waals surface area contributed by atoms with E-state index in [-0.39, 0.29) is 5.56 Å². The second kappa shape index (κ2) is 6.79. The summed E-state index contributed by atoms with van der Waals surface area (Å²) in [4.78, 5) is 27.0. The minimum absolute atomic E-state index is 0.196. The molecule has 0 saturated carbocycles. The van der Waals surface area contributed by atoms with Crippen molar-refractivity contribution in [3.63, 3.8) is 0 Å². The Bertz CT molecular complexity index is 1460. The number of benzene rings is 2. The quantitative estimate of drug-likeness (QED) is 0.354. The summed E-state index contributed by atoms with van der Waals surface area (Å²) in [5, 5.41) is 4.97. The average Bonchev–Trinajstić information content (AvgIpc) is 3.06. The standard InChI is InChI=1S/C22H16N6O/c1-2-12-27-14-23-20-18(22(27)29)19-21(26-17-11-7-6-10-16(17)25-19)28(20)24-13-15-8-4-3-5-9-15/h2-11,13-14H,1,12H2/b24-13-. The van der Waals surface area contributed by atoms with Crippen molar-refractivity contribution in [3.8, 4) is 0 Å². The second-order valence-electron chi connectivity index (χ2n) is 6.54. The summed E-state index contributed by atoms with van der Waals surface area (Å²) in [5.41, 5.74) is 3.57. The molecule has 0 unspecified atom stereocenters. The summed E-state index contributed by atoms with van der Waals surface area (Å²) in [5.74, 6) is 0. The van der Waals surface area contributed by atoms with Crippen molar-refractivity contribution in [2.75, 3.05) is 0 Å². The Labute approximate surface area is 165 Å². The minimum atomic E-state index is -0.196. The molecule has 29 heavy (non-hydrogen) atoms. The number of fused-ring (bicyclic) bond motifs is 4. The second-order valence-corrected chi connectivity index (χ2v) is 6.54. The van der Waals surface area contributed by atoms with Crippen LogP contribution in [0.15, 0.2) is 83.5 Å². The van der Waals surface area contributed by atoms with Gasteiger partial charge in [0, 0.05) is 6.54 Å². The van der Waals surface area contributed by atoms with Gasteiger partial charge < -0.3 is 0 Å². The lowest BCUT2D eigenvalue weighted by atomic mass is 10.2. The fourth-order valence-corrected chi connectivity index (χ4v) is 3.30. The maximum absolute atomic E-state index is 13.1. The maximum atomic E-state index is 13.1. The summed E-state index contributed by atoms with van der Waals surface area (Å²) in [6.45, 7) is 4.07. The number of allylic oxidation sites excluding steroid dienone is 1. The molecule has 7 heteroatoms. The normalized spacial score (nSPS) is 11.7. The smallest absolute Gasteiger partial charge is 0.265 e. The molecule has 0 spiro atoms. The zero-order chi connectivity index (χ0) is 19.8. The third kappa shape index (κ3) is 2.80. The Kier molecular flexibility index (Phi) is 3.98. The average molecular weight is 380 g/mol. The van der Waals surface area contributed by atoms with Crippen LogP contribution in [-0.4, -0.2) is 30.4 Å². The Hall–Kier alpha value is -4.13. The van der Waals surface area contributed by atoms with Crippen molar-refractivity contribution >= 4 is 39.4 Å². The van der Waals surface area contributed by atoms with Gasteiger partial charge in [-0.25, -0.2) is 15.0 Å². The van der Waals surface area contributed by atoms with Crippen LogP contribution in [0.3, 0.4) is 0 Å². The highest BCUT2D eigenvalue weighted by Gasteiger charge is 2.19. The van der Waals surface area contributed by atoms with Gasteiger partial charge >= 0.3 is 0 Å². The van der Waals surface area contributed by atoms with Gasteiger partial charge in [0.1, 0.15) is 17.2 Å². The highest BCUT2D eigenvalue weighted by atomic mass is 16.1. The molecule has 3 heterocycles. The van der Waals surface area contributed by atoms with Crippen LogP contribution < -0.4 is 5.56 Å². The monoisotopic (exact) mass is 380 g/mol. The lowest BCUT2D eigenvalue weighted by Crippen LogP contribution is -2.19. The first-order valence-corrected chi connectivity index (χ1v) is 9.13. The summed E-state index contributed by atoms with van der Waals surface area (Å²) in [7, 11) is 0. The molecule has 7 nitrogen and oxygen atoms in total. The number of rotatable bonds is 4. The number of aromatic nitrogens is 5. The van der Waals surface area contributed by atoms with E-state index in [0.29, 0.717) is 34.3 Å². The Morgan fingerprint density at radius 2 is 1.69 bits per heavy atom. The SMILES string of the molecule is C=CCn1cnc2c(c1=O)c1nc3ccccc3nc1n2/N=C\c1ccccc1. The highest BCUT2D eigenvalue weighted by molar-refractivity contribution is 6.04. The third-order valence-corrected chi connectivity index (χ3v) is 4.66. The lowest BCUT2D eigenvalue weighted by molar-refractivity contribution is 0.763. The molecule has 5 aromatic rings. The fourth-order valence-electron chi connectivity index (χ4n) is 3.30. The minimum Gasteiger partial charge on any atom is -0.295 e. The van der Waals surface area contributed by atoms with Crippen LogP contribution in [0.4, 0.5) is 0 Å². The molecule has 0 bridgehead atoms. The van der Waals surface area contributed by atoms with E-state index < -0.39 is 0 Å². The fraction of sp³-hybridized carbons (Fsp3) is 0.0455. The summed E-state index contributed by atoms with van der Waals surface area (Å²) < 4.78 is 3.08. The van der Waals surface area contributed by atoms with E-state index in [2.05, 4.69) is 16.7 Å². The van der Waals surface area contributed by atoms with Gasteiger partial charge in [-0.3, -0.25) is 9.36 Å². The van der Waals surface area contributed by atoms with Gasteiger partial charge in [-0.2, -0.15) is 9.78 Å². The van der Waals surface area contributed by atoms with Crippen LogP contribution in [0.25, 0.3) is 33.2 Å². The number of hydrogen-bond acceptors (Lipinski definition) is 5. The van der Waals surface area contributed by atoms with E-state index in [9.17, 15) is 4.79 Å². The predicted octanol–water partition coefficient (Wildman–Crippen LogP) is 3.36. The van der Waals surface area contributed by atoms with E-state index >= 15 is 0 Å². The van der Waals surface area contributed by atoms with Crippen molar-refractivity contribution in [1.29, 1.82) is 0 Å². The molecule has 0 atom stereocenters. The Balaban J connectivity index is 1.87. The molecular weight excluding hydrogens is 364 g/mol. The third-order valence-electron chi connectivity index (χ3n) is 4.66. The molecule has 0 aliphatic heterocycles. The highest BCUT2D eigenvalue weighted by Crippen LogP contribution is 2.24. The number of nitrogens with zero attached hydrogens (tertiary/aromatic N) is 6. The zero-order valence-corrected chi connectivity index (χ0v) is 15.4. The Morgan fingerprint density at radius 3 is 2.45 bits per heavy atom. The van der Waals surface area contributed by atoms with Crippen LogP contribution in [0.5, 0.6) is 0 Å². The molecule has 140 valence electrons. The van der Waals surface area contributed by atoms with Gasteiger partial charge in [0.2, 0.25) is 0 Å². The van der Waals surface area contributed by atoms with E-state index in [0.717, 1.165) is 11.1 Å². The van der Waals surface area contributed by atoms with E-state index in [1.54, 1.807) is 17.0 Å². The number of hydrogen-bond donors (Lipinski definition) is 0. The first-order chi connectivity index (χ1) is 14.3. The number of para-hydroxylation sites is 2. The predicted molar refractivity (Wildman–Crippen MR) is 114 cm³/mol. The molecule has 0 N–H and O–H groups in total. The van der Waals surface area contributed by atoms with Gasteiger partial charge in [-0.1, -0.05) is 48.5 Å². The molecule has 3 aromatic heterocycles.